The molecule has 0 saturated heterocycles. The summed E-state index contributed by atoms with van der Waals surface area (Å²) >= 11 is 3.26. The first-order chi connectivity index (χ1) is 6.56. The summed E-state index contributed by atoms with van der Waals surface area (Å²) in [5.41, 5.74) is 6.80. The highest BCUT2D eigenvalue weighted by Gasteiger charge is 2.22. The summed E-state index contributed by atoms with van der Waals surface area (Å²) in [6.45, 7) is 1.78. The van der Waals surface area contributed by atoms with E-state index in [1.807, 2.05) is 19.1 Å². The average molecular weight is 264 g/mol. The van der Waals surface area contributed by atoms with Crippen LogP contribution in [0.1, 0.15) is 17.0 Å². The summed E-state index contributed by atoms with van der Waals surface area (Å²) in [6, 6.07) is 5.35. The van der Waals surface area contributed by atoms with Crippen molar-refractivity contribution in [3.05, 3.63) is 33.8 Å². The van der Waals surface area contributed by atoms with E-state index in [-0.39, 0.29) is 6.54 Å². The van der Waals surface area contributed by atoms with Crippen LogP contribution in [0.3, 0.4) is 0 Å². The summed E-state index contributed by atoms with van der Waals surface area (Å²) in [4.78, 5) is 0. The van der Waals surface area contributed by atoms with Gasteiger partial charge in [0.15, 0.2) is 0 Å². The van der Waals surface area contributed by atoms with Crippen molar-refractivity contribution in [1.29, 1.82) is 0 Å². The van der Waals surface area contributed by atoms with Gasteiger partial charge >= 0.3 is 0 Å². The quantitative estimate of drug-likeness (QED) is 0.892. The van der Waals surface area contributed by atoms with E-state index in [4.69, 9.17) is 5.73 Å². The monoisotopic (exact) mass is 263 g/mol. The van der Waals surface area contributed by atoms with Crippen molar-refractivity contribution in [2.75, 3.05) is 6.54 Å². The molecule has 0 radical (unpaired) electrons. The second kappa shape index (κ2) is 4.84. The molecule has 0 aliphatic carbocycles. The average Bonchev–Trinajstić information content (AvgIpc) is 2.11. The van der Waals surface area contributed by atoms with Crippen LogP contribution >= 0.6 is 15.9 Å². The van der Waals surface area contributed by atoms with Gasteiger partial charge in [-0.1, -0.05) is 22.0 Å². The Hall–Kier alpha value is -0.480. The van der Waals surface area contributed by atoms with Crippen molar-refractivity contribution < 1.29 is 8.78 Å². The third kappa shape index (κ3) is 2.51. The molecule has 0 aromatic heterocycles. The van der Waals surface area contributed by atoms with Gasteiger partial charge in [-0.25, -0.2) is 8.78 Å². The number of aryl methyl sites for hydroxylation is 1. The highest BCUT2D eigenvalue weighted by molar-refractivity contribution is 9.10. The number of alkyl halides is 2. The van der Waals surface area contributed by atoms with E-state index in [9.17, 15) is 8.78 Å². The number of benzene rings is 1. The molecule has 1 nitrogen and oxygen atoms in total. The molecule has 78 valence electrons. The molecule has 0 amide bonds. The normalized spacial score (nSPS) is 13.3. The fourth-order valence-electron chi connectivity index (χ4n) is 1.38. The molecule has 0 bridgehead atoms. The van der Waals surface area contributed by atoms with Gasteiger partial charge in [0.2, 0.25) is 6.43 Å². The first-order valence-electron chi connectivity index (χ1n) is 4.30. The second-order valence-electron chi connectivity index (χ2n) is 3.18. The molecular formula is C10H12BrF2N. The maximum Gasteiger partial charge on any atom is 0.246 e. The highest BCUT2D eigenvalue weighted by atomic mass is 79.9. The summed E-state index contributed by atoms with van der Waals surface area (Å²) in [7, 11) is 0. The first kappa shape index (κ1) is 11.6. The van der Waals surface area contributed by atoms with Crippen LogP contribution in [-0.2, 0) is 0 Å². The fraction of sp³-hybridized carbons (Fsp3) is 0.400. The number of nitrogens with two attached hydrogens (primary N) is 1. The van der Waals surface area contributed by atoms with Crippen LogP contribution in [0, 0.1) is 6.92 Å². The molecule has 0 spiro atoms. The van der Waals surface area contributed by atoms with Crippen LogP contribution in [0.5, 0.6) is 0 Å². The van der Waals surface area contributed by atoms with Gasteiger partial charge in [-0.3, -0.25) is 0 Å². The molecule has 4 heteroatoms. The Labute approximate surface area is 90.4 Å². The molecule has 1 unspecified atom stereocenters. The number of hydrogen-bond acceptors (Lipinski definition) is 1. The SMILES string of the molecule is Cc1ccc(Br)cc1C(CN)C(F)F. The Kier molecular flexibility index (Phi) is 4.01. The molecule has 1 aromatic carbocycles. The zero-order chi connectivity index (χ0) is 10.7. The lowest BCUT2D eigenvalue weighted by atomic mass is 9.95. The second-order valence-corrected chi connectivity index (χ2v) is 4.09. The van der Waals surface area contributed by atoms with Crippen molar-refractivity contribution >= 4 is 15.9 Å². The molecular weight excluding hydrogens is 252 g/mol. The van der Waals surface area contributed by atoms with Crippen LogP contribution in [0.2, 0.25) is 0 Å². The third-order valence-corrected chi connectivity index (χ3v) is 2.69. The van der Waals surface area contributed by atoms with Crippen molar-refractivity contribution in [1.82, 2.24) is 0 Å². The van der Waals surface area contributed by atoms with Gasteiger partial charge in [-0.2, -0.15) is 0 Å². The maximum atomic E-state index is 12.6. The van der Waals surface area contributed by atoms with Crippen molar-refractivity contribution in [2.45, 2.75) is 19.3 Å². The van der Waals surface area contributed by atoms with E-state index in [0.29, 0.717) is 5.56 Å². The van der Waals surface area contributed by atoms with Crippen LogP contribution in [0.4, 0.5) is 8.78 Å². The fourth-order valence-corrected chi connectivity index (χ4v) is 1.76. The minimum Gasteiger partial charge on any atom is -0.330 e. The molecule has 14 heavy (non-hydrogen) atoms. The van der Waals surface area contributed by atoms with E-state index in [1.165, 1.54) is 0 Å². The largest absolute Gasteiger partial charge is 0.330 e. The van der Waals surface area contributed by atoms with Gasteiger partial charge in [0, 0.05) is 11.0 Å². The van der Waals surface area contributed by atoms with Gasteiger partial charge in [0.1, 0.15) is 0 Å². The Morgan fingerprint density at radius 2 is 2.07 bits per heavy atom. The smallest absolute Gasteiger partial charge is 0.246 e. The maximum absolute atomic E-state index is 12.6. The van der Waals surface area contributed by atoms with Gasteiger partial charge in [0.05, 0.1) is 5.92 Å². The van der Waals surface area contributed by atoms with Gasteiger partial charge in [-0.15, -0.1) is 0 Å². The van der Waals surface area contributed by atoms with Crippen molar-refractivity contribution in [3.63, 3.8) is 0 Å². The topological polar surface area (TPSA) is 26.0 Å². The molecule has 0 aliphatic rings. The zero-order valence-corrected chi connectivity index (χ0v) is 9.39. The Balaban J connectivity index is 3.08. The molecule has 1 rings (SSSR count). The van der Waals surface area contributed by atoms with E-state index in [1.54, 1.807) is 6.07 Å². The first-order valence-corrected chi connectivity index (χ1v) is 5.09. The summed E-state index contributed by atoms with van der Waals surface area (Å²) in [5.74, 6) is -0.868. The molecule has 0 heterocycles. The van der Waals surface area contributed by atoms with Gasteiger partial charge < -0.3 is 5.73 Å². The zero-order valence-electron chi connectivity index (χ0n) is 7.81. The predicted molar refractivity (Wildman–Crippen MR) is 56.7 cm³/mol. The lowest BCUT2D eigenvalue weighted by molar-refractivity contribution is 0.117. The summed E-state index contributed by atoms with van der Waals surface area (Å²) in [5, 5.41) is 0. The molecule has 1 aromatic rings. The minimum atomic E-state index is -2.41. The molecule has 0 fully saturated rings. The van der Waals surface area contributed by atoms with Crippen LogP contribution in [-0.4, -0.2) is 13.0 Å². The van der Waals surface area contributed by atoms with Crippen LogP contribution in [0.25, 0.3) is 0 Å². The highest BCUT2D eigenvalue weighted by Crippen LogP contribution is 2.27. The van der Waals surface area contributed by atoms with Crippen LogP contribution in [0.15, 0.2) is 22.7 Å². The predicted octanol–water partition coefficient (Wildman–Crippen LogP) is 3.06. The summed E-state index contributed by atoms with van der Waals surface area (Å²) < 4.78 is 26.0. The van der Waals surface area contributed by atoms with E-state index >= 15 is 0 Å². The van der Waals surface area contributed by atoms with E-state index < -0.39 is 12.3 Å². The van der Waals surface area contributed by atoms with Crippen molar-refractivity contribution in [3.8, 4) is 0 Å². The lowest BCUT2D eigenvalue weighted by Crippen LogP contribution is -2.20. The Morgan fingerprint density at radius 3 is 2.57 bits per heavy atom. The minimum absolute atomic E-state index is 0.0328. The number of hydrogen-bond donors (Lipinski definition) is 1. The Bertz CT molecular complexity index is 315. The molecule has 2 N–H and O–H groups in total. The standard InChI is InChI=1S/C10H12BrF2N/c1-6-2-3-7(11)4-8(6)9(5-14)10(12)13/h2-4,9-10H,5,14H2,1H3. The van der Waals surface area contributed by atoms with Crippen LogP contribution < -0.4 is 5.73 Å². The van der Waals surface area contributed by atoms with Crippen molar-refractivity contribution in [2.24, 2.45) is 5.73 Å². The van der Waals surface area contributed by atoms with E-state index in [0.717, 1.165) is 10.0 Å². The summed E-state index contributed by atoms with van der Waals surface area (Å²) in [6.07, 6.45) is -2.41. The number of halogens is 3. The Morgan fingerprint density at radius 1 is 1.43 bits per heavy atom. The van der Waals surface area contributed by atoms with E-state index in [2.05, 4.69) is 15.9 Å². The molecule has 0 saturated carbocycles. The third-order valence-electron chi connectivity index (χ3n) is 2.20. The molecule has 0 aliphatic heterocycles. The van der Waals surface area contributed by atoms with Gasteiger partial charge in [0.25, 0.3) is 0 Å². The lowest BCUT2D eigenvalue weighted by Gasteiger charge is -2.16. The number of rotatable bonds is 3. The van der Waals surface area contributed by atoms with Gasteiger partial charge in [-0.05, 0) is 30.2 Å². The molecule has 1 atom stereocenters.